The number of carbonyl (C=O) groups is 2. The molecule has 0 atom stereocenters. The second kappa shape index (κ2) is 7.22. The molecule has 0 aromatic heterocycles. The van der Waals surface area contributed by atoms with Gasteiger partial charge in [0.1, 0.15) is 5.75 Å². The van der Waals surface area contributed by atoms with Gasteiger partial charge in [-0.05, 0) is 37.6 Å². The van der Waals surface area contributed by atoms with Gasteiger partial charge >= 0.3 is 11.8 Å². The lowest BCUT2D eigenvalue weighted by Crippen LogP contribution is -2.32. The highest BCUT2D eigenvalue weighted by Crippen LogP contribution is 2.15. The number of rotatable bonds is 3. The van der Waals surface area contributed by atoms with Crippen molar-refractivity contribution in [2.24, 2.45) is 5.10 Å². The summed E-state index contributed by atoms with van der Waals surface area (Å²) >= 11 is 0. The Bertz CT molecular complexity index is 769. The first-order valence-electron chi connectivity index (χ1n) is 6.97. The van der Waals surface area contributed by atoms with Gasteiger partial charge in [-0.1, -0.05) is 29.8 Å². The zero-order chi connectivity index (χ0) is 16.8. The summed E-state index contributed by atoms with van der Waals surface area (Å²) in [5.74, 6) is -1.67. The Morgan fingerprint density at radius 3 is 2.52 bits per heavy atom. The third-order valence-corrected chi connectivity index (χ3v) is 3.14. The van der Waals surface area contributed by atoms with Gasteiger partial charge in [0.25, 0.3) is 0 Å². The van der Waals surface area contributed by atoms with Crippen molar-refractivity contribution < 1.29 is 14.7 Å². The van der Waals surface area contributed by atoms with Crippen molar-refractivity contribution in [2.75, 3.05) is 5.32 Å². The number of hydrogen-bond donors (Lipinski definition) is 3. The molecule has 0 heterocycles. The van der Waals surface area contributed by atoms with E-state index >= 15 is 0 Å². The van der Waals surface area contributed by atoms with Gasteiger partial charge in [-0.25, -0.2) is 5.43 Å². The summed E-state index contributed by atoms with van der Waals surface area (Å²) in [4.78, 5) is 23.5. The molecule has 2 aromatic carbocycles. The molecule has 23 heavy (non-hydrogen) atoms. The van der Waals surface area contributed by atoms with Gasteiger partial charge in [0.15, 0.2) is 0 Å². The lowest BCUT2D eigenvalue weighted by molar-refractivity contribution is -0.136. The molecule has 0 bridgehead atoms. The van der Waals surface area contributed by atoms with Gasteiger partial charge in [0.2, 0.25) is 0 Å². The van der Waals surface area contributed by atoms with Crippen molar-refractivity contribution in [3.63, 3.8) is 0 Å². The van der Waals surface area contributed by atoms with Crippen LogP contribution in [0, 0.1) is 13.8 Å². The number of phenols is 1. The molecular formula is C17H17N3O3. The van der Waals surface area contributed by atoms with E-state index in [-0.39, 0.29) is 5.75 Å². The molecule has 2 amide bonds. The minimum Gasteiger partial charge on any atom is -0.507 e. The molecule has 0 spiro atoms. The molecule has 0 radical (unpaired) electrons. The second-order valence-corrected chi connectivity index (χ2v) is 5.03. The van der Waals surface area contributed by atoms with Crippen molar-refractivity contribution in [3.8, 4) is 5.75 Å². The van der Waals surface area contributed by atoms with E-state index in [1.54, 1.807) is 24.3 Å². The van der Waals surface area contributed by atoms with Crippen LogP contribution in [-0.2, 0) is 9.59 Å². The number of benzene rings is 2. The first-order valence-corrected chi connectivity index (χ1v) is 6.97. The Morgan fingerprint density at radius 2 is 1.83 bits per heavy atom. The maximum Gasteiger partial charge on any atom is 0.329 e. The molecule has 0 unspecified atom stereocenters. The van der Waals surface area contributed by atoms with Gasteiger partial charge in [-0.15, -0.1) is 0 Å². The van der Waals surface area contributed by atoms with E-state index in [1.807, 2.05) is 26.0 Å². The van der Waals surface area contributed by atoms with E-state index in [0.717, 1.165) is 11.1 Å². The van der Waals surface area contributed by atoms with Gasteiger partial charge in [0.05, 0.1) is 6.21 Å². The Morgan fingerprint density at radius 1 is 1.09 bits per heavy atom. The Balaban J connectivity index is 1.95. The lowest BCUT2D eigenvalue weighted by Gasteiger charge is -2.08. The Labute approximate surface area is 133 Å². The average Bonchev–Trinajstić information content (AvgIpc) is 2.51. The van der Waals surface area contributed by atoms with Crippen LogP contribution in [0.5, 0.6) is 5.75 Å². The molecule has 2 aromatic rings. The number of aryl methyl sites for hydroxylation is 2. The number of para-hydroxylation sites is 1. The highest BCUT2D eigenvalue weighted by molar-refractivity contribution is 6.39. The van der Waals surface area contributed by atoms with Crippen LogP contribution in [0.2, 0.25) is 0 Å². The van der Waals surface area contributed by atoms with Gasteiger partial charge in [-0.2, -0.15) is 5.10 Å². The fraction of sp³-hybridized carbons (Fsp3) is 0.118. The molecule has 3 N–H and O–H groups in total. The van der Waals surface area contributed by atoms with Crippen molar-refractivity contribution in [1.82, 2.24) is 5.43 Å². The molecule has 0 saturated carbocycles. The average molecular weight is 311 g/mol. The van der Waals surface area contributed by atoms with Gasteiger partial charge < -0.3 is 10.4 Å². The molecule has 6 nitrogen and oxygen atoms in total. The summed E-state index contributed by atoms with van der Waals surface area (Å²) in [6, 6.07) is 12.0. The summed E-state index contributed by atoms with van der Waals surface area (Å²) in [7, 11) is 0. The molecule has 2 rings (SSSR count). The molecule has 118 valence electrons. The molecule has 0 aliphatic rings. The number of anilines is 1. The lowest BCUT2D eigenvalue weighted by atomic mass is 10.1. The Kier molecular flexibility index (Phi) is 5.09. The normalized spacial score (nSPS) is 10.5. The second-order valence-electron chi connectivity index (χ2n) is 5.03. The number of nitrogens with zero attached hydrogens (tertiary/aromatic N) is 1. The van der Waals surface area contributed by atoms with Crippen LogP contribution in [0.3, 0.4) is 0 Å². The summed E-state index contributed by atoms with van der Waals surface area (Å²) < 4.78 is 0. The standard InChI is InChI=1S/C17H17N3O3/c1-11-7-8-14(12(2)9-11)19-16(22)17(23)20-18-10-13-5-3-4-6-15(13)21/h3-10,21H,1-2H3,(H,19,22)(H,20,23)/b18-10+. The number of phenolic OH excluding ortho intramolecular Hbond substituents is 1. The number of carbonyl (C=O) groups excluding carboxylic acids is 2. The largest absolute Gasteiger partial charge is 0.507 e. The number of nitrogens with one attached hydrogen (secondary N) is 2. The number of hydrazone groups is 1. The smallest absolute Gasteiger partial charge is 0.329 e. The maximum atomic E-state index is 11.8. The quantitative estimate of drug-likeness (QED) is 0.460. The SMILES string of the molecule is Cc1ccc(NC(=O)C(=O)N/N=C/c2ccccc2O)c(C)c1. The van der Waals surface area contributed by atoms with Crippen LogP contribution in [0.4, 0.5) is 5.69 Å². The molecular weight excluding hydrogens is 294 g/mol. The van der Waals surface area contributed by atoms with Crippen LogP contribution in [-0.4, -0.2) is 23.1 Å². The fourth-order valence-electron chi connectivity index (χ4n) is 1.94. The molecule has 0 aliphatic heterocycles. The summed E-state index contributed by atoms with van der Waals surface area (Å²) in [6.07, 6.45) is 1.26. The van der Waals surface area contributed by atoms with E-state index in [2.05, 4.69) is 15.8 Å². The molecule has 6 heteroatoms. The minimum absolute atomic E-state index is 0.0326. The van der Waals surface area contributed by atoms with Crippen LogP contribution in [0.1, 0.15) is 16.7 Å². The van der Waals surface area contributed by atoms with E-state index in [0.29, 0.717) is 11.3 Å². The highest BCUT2D eigenvalue weighted by atomic mass is 16.3. The van der Waals surface area contributed by atoms with Crippen molar-refractivity contribution >= 4 is 23.7 Å². The van der Waals surface area contributed by atoms with Crippen LogP contribution in [0.15, 0.2) is 47.6 Å². The predicted octanol–water partition coefficient (Wildman–Crippen LogP) is 2.10. The summed E-state index contributed by atoms with van der Waals surface area (Å²) in [5, 5.41) is 15.7. The van der Waals surface area contributed by atoms with E-state index in [1.165, 1.54) is 12.3 Å². The third kappa shape index (κ3) is 4.41. The minimum atomic E-state index is -0.892. The summed E-state index contributed by atoms with van der Waals surface area (Å²) in [6.45, 7) is 3.79. The van der Waals surface area contributed by atoms with Crippen LogP contribution >= 0.6 is 0 Å². The maximum absolute atomic E-state index is 11.8. The van der Waals surface area contributed by atoms with Gasteiger partial charge in [0, 0.05) is 11.3 Å². The van der Waals surface area contributed by atoms with E-state index in [9.17, 15) is 14.7 Å². The fourth-order valence-corrected chi connectivity index (χ4v) is 1.94. The first kappa shape index (κ1) is 16.2. The van der Waals surface area contributed by atoms with Crippen LogP contribution in [0.25, 0.3) is 0 Å². The monoisotopic (exact) mass is 311 g/mol. The Hall–Kier alpha value is -3.15. The van der Waals surface area contributed by atoms with Crippen molar-refractivity contribution in [1.29, 1.82) is 0 Å². The third-order valence-electron chi connectivity index (χ3n) is 3.14. The summed E-state index contributed by atoms with van der Waals surface area (Å²) in [5.41, 5.74) is 5.05. The molecule has 0 saturated heterocycles. The van der Waals surface area contributed by atoms with Crippen LogP contribution < -0.4 is 10.7 Å². The number of amides is 2. The van der Waals surface area contributed by atoms with E-state index < -0.39 is 11.8 Å². The zero-order valence-electron chi connectivity index (χ0n) is 12.8. The predicted molar refractivity (Wildman–Crippen MR) is 88.4 cm³/mol. The first-order chi connectivity index (χ1) is 11.0. The van der Waals surface area contributed by atoms with Gasteiger partial charge in [-0.3, -0.25) is 9.59 Å². The molecule has 0 fully saturated rings. The number of hydrogen-bond acceptors (Lipinski definition) is 4. The van der Waals surface area contributed by atoms with E-state index in [4.69, 9.17) is 0 Å². The van der Waals surface area contributed by atoms with Crippen molar-refractivity contribution in [3.05, 3.63) is 59.2 Å². The topological polar surface area (TPSA) is 90.8 Å². The molecule has 0 aliphatic carbocycles. The highest BCUT2D eigenvalue weighted by Gasteiger charge is 2.13. The van der Waals surface area contributed by atoms with Crippen molar-refractivity contribution in [2.45, 2.75) is 13.8 Å². The number of aromatic hydroxyl groups is 1. The zero-order valence-corrected chi connectivity index (χ0v) is 12.8.